The number of hydrogen-bond acceptors (Lipinski definition) is 5. The van der Waals surface area contributed by atoms with E-state index in [1.807, 2.05) is 6.07 Å². The fraction of sp³-hybridized carbons (Fsp3) is 0.111. The first-order valence-electron chi connectivity index (χ1n) is 7.58. The van der Waals surface area contributed by atoms with Crippen molar-refractivity contribution in [2.75, 3.05) is 11.9 Å². The topological polar surface area (TPSA) is 120 Å². The molecule has 0 atom stereocenters. The van der Waals surface area contributed by atoms with Gasteiger partial charge < -0.3 is 10.1 Å². The Balaban J connectivity index is 1.86. The number of amides is 3. The molecule has 26 heavy (non-hydrogen) atoms. The van der Waals surface area contributed by atoms with E-state index in [2.05, 4.69) is 16.2 Å². The minimum Gasteiger partial charge on any atom is -0.482 e. The van der Waals surface area contributed by atoms with Gasteiger partial charge in [0.15, 0.2) is 6.61 Å². The number of carbonyl (C=O) groups excluding carboxylic acids is 3. The van der Waals surface area contributed by atoms with Crippen LogP contribution in [-0.2, 0) is 9.59 Å². The normalized spacial score (nSPS) is 9.54. The van der Waals surface area contributed by atoms with Gasteiger partial charge in [-0.2, -0.15) is 5.26 Å². The summed E-state index contributed by atoms with van der Waals surface area (Å²) in [5.41, 5.74) is 5.49. The zero-order valence-corrected chi connectivity index (χ0v) is 13.9. The summed E-state index contributed by atoms with van der Waals surface area (Å²) in [5, 5.41) is 11.5. The van der Waals surface area contributed by atoms with Crippen LogP contribution in [0.25, 0.3) is 0 Å². The van der Waals surface area contributed by atoms with Crippen molar-refractivity contribution in [2.24, 2.45) is 0 Å². The smallest absolute Gasteiger partial charge is 0.276 e. The van der Waals surface area contributed by atoms with Gasteiger partial charge in [-0.3, -0.25) is 25.2 Å². The predicted molar refractivity (Wildman–Crippen MR) is 93.0 cm³/mol. The molecule has 0 bridgehead atoms. The van der Waals surface area contributed by atoms with Gasteiger partial charge in [0.25, 0.3) is 11.8 Å². The molecule has 3 N–H and O–H groups in total. The third-order valence-electron chi connectivity index (χ3n) is 3.13. The van der Waals surface area contributed by atoms with Gasteiger partial charge in [0.1, 0.15) is 11.8 Å². The molecular weight excluding hydrogens is 336 g/mol. The molecule has 0 unspecified atom stereocenters. The van der Waals surface area contributed by atoms with E-state index in [4.69, 9.17) is 10.00 Å². The quantitative estimate of drug-likeness (QED) is 0.702. The van der Waals surface area contributed by atoms with E-state index in [9.17, 15) is 14.4 Å². The summed E-state index contributed by atoms with van der Waals surface area (Å²) in [6, 6.07) is 14.7. The Morgan fingerprint density at radius 2 is 1.85 bits per heavy atom. The van der Waals surface area contributed by atoms with Crippen molar-refractivity contribution in [3.63, 3.8) is 0 Å². The fourth-order valence-corrected chi connectivity index (χ4v) is 2.00. The van der Waals surface area contributed by atoms with Crippen LogP contribution in [0.15, 0.2) is 48.5 Å². The van der Waals surface area contributed by atoms with Crippen LogP contribution in [0.2, 0.25) is 0 Å². The maximum absolute atomic E-state index is 12.0. The Morgan fingerprint density at radius 3 is 2.58 bits per heavy atom. The summed E-state index contributed by atoms with van der Waals surface area (Å²) in [6.45, 7) is 0.988. The number of nitrogens with one attached hydrogen (secondary N) is 3. The van der Waals surface area contributed by atoms with Gasteiger partial charge in [-0.25, -0.2) is 0 Å². The van der Waals surface area contributed by atoms with Crippen LogP contribution in [0.1, 0.15) is 22.8 Å². The largest absolute Gasteiger partial charge is 0.482 e. The van der Waals surface area contributed by atoms with E-state index in [1.54, 1.807) is 36.4 Å². The molecule has 0 saturated heterocycles. The van der Waals surface area contributed by atoms with Gasteiger partial charge >= 0.3 is 0 Å². The Kier molecular flexibility index (Phi) is 6.28. The Labute approximate surface area is 149 Å². The second-order valence-electron chi connectivity index (χ2n) is 5.16. The molecule has 2 aromatic rings. The molecule has 0 radical (unpaired) electrons. The Hall–Kier alpha value is -3.86. The van der Waals surface area contributed by atoms with Crippen LogP contribution in [0.3, 0.4) is 0 Å². The Morgan fingerprint density at radius 1 is 1.08 bits per heavy atom. The van der Waals surface area contributed by atoms with Crippen molar-refractivity contribution in [3.8, 4) is 11.8 Å². The minimum atomic E-state index is -0.593. The number of nitrogens with zero attached hydrogens (tertiary/aromatic N) is 1. The van der Waals surface area contributed by atoms with E-state index in [1.165, 1.54) is 19.1 Å². The molecule has 0 fully saturated rings. The van der Waals surface area contributed by atoms with Crippen molar-refractivity contribution in [1.29, 1.82) is 5.26 Å². The van der Waals surface area contributed by atoms with Gasteiger partial charge in [-0.1, -0.05) is 18.2 Å². The molecular formula is C18H16N4O4. The summed E-state index contributed by atoms with van der Waals surface area (Å²) >= 11 is 0. The van der Waals surface area contributed by atoms with Crippen LogP contribution >= 0.6 is 0 Å². The summed E-state index contributed by atoms with van der Waals surface area (Å²) in [6.07, 6.45) is 0. The molecule has 0 aliphatic rings. The third-order valence-corrected chi connectivity index (χ3v) is 3.13. The molecule has 0 spiro atoms. The SMILES string of the molecule is CC(=O)Nc1cccc(C(=O)NNC(=O)COc2ccccc2C#N)c1. The van der Waals surface area contributed by atoms with Crippen LogP contribution < -0.4 is 20.9 Å². The highest BCUT2D eigenvalue weighted by molar-refractivity contribution is 5.97. The lowest BCUT2D eigenvalue weighted by atomic mass is 10.2. The maximum Gasteiger partial charge on any atom is 0.276 e. The predicted octanol–water partition coefficient (Wildman–Crippen LogP) is 1.36. The lowest BCUT2D eigenvalue weighted by Gasteiger charge is -2.10. The molecule has 2 rings (SSSR count). The number of hydrogen-bond donors (Lipinski definition) is 3. The van der Waals surface area contributed by atoms with Crippen molar-refractivity contribution < 1.29 is 19.1 Å². The van der Waals surface area contributed by atoms with Gasteiger partial charge in [0.2, 0.25) is 5.91 Å². The highest BCUT2D eigenvalue weighted by atomic mass is 16.5. The second-order valence-corrected chi connectivity index (χ2v) is 5.16. The van der Waals surface area contributed by atoms with Crippen LogP contribution in [-0.4, -0.2) is 24.3 Å². The lowest BCUT2D eigenvalue weighted by molar-refractivity contribution is -0.123. The van der Waals surface area contributed by atoms with Crippen molar-refractivity contribution in [2.45, 2.75) is 6.92 Å². The highest BCUT2D eigenvalue weighted by Crippen LogP contribution is 2.16. The molecule has 8 heteroatoms. The Bertz CT molecular complexity index is 873. The summed E-state index contributed by atoms with van der Waals surface area (Å²) in [7, 11) is 0. The van der Waals surface area contributed by atoms with E-state index >= 15 is 0 Å². The molecule has 8 nitrogen and oxygen atoms in total. The second kappa shape index (κ2) is 8.84. The van der Waals surface area contributed by atoms with Gasteiger partial charge in [-0.05, 0) is 30.3 Å². The number of ether oxygens (including phenoxy) is 1. The molecule has 0 heterocycles. The monoisotopic (exact) mass is 352 g/mol. The molecule has 0 aliphatic carbocycles. The molecule has 132 valence electrons. The number of carbonyl (C=O) groups is 3. The first-order chi connectivity index (χ1) is 12.5. The average Bonchev–Trinajstić information content (AvgIpc) is 2.64. The van der Waals surface area contributed by atoms with Crippen molar-refractivity contribution in [1.82, 2.24) is 10.9 Å². The van der Waals surface area contributed by atoms with E-state index < -0.39 is 11.8 Å². The summed E-state index contributed by atoms with van der Waals surface area (Å²) in [4.78, 5) is 34.9. The number of anilines is 1. The number of hydrazine groups is 1. The summed E-state index contributed by atoms with van der Waals surface area (Å²) < 4.78 is 5.26. The number of para-hydroxylation sites is 1. The molecule has 0 aromatic heterocycles. The summed E-state index contributed by atoms with van der Waals surface area (Å²) in [5.74, 6) is -1.13. The van der Waals surface area contributed by atoms with E-state index in [-0.39, 0.29) is 23.8 Å². The molecule has 0 aliphatic heterocycles. The van der Waals surface area contributed by atoms with Crippen molar-refractivity contribution in [3.05, 3.63) is 59.7 Å². The maximum atomic E-state index is 12.0. The molecule has 2 aromatic carbocycles. The highest BCUT2D eigenvalue weighted by Gasteiger charge is 2.10. The van der Waals surface area contributed by atoms with Crippen LogP contribution in [0.4, 0.5) is 5.69 Å². The van der Waals surface area contributed by atoms with Gasteiger partial charge in [0, 0.05) is 18.2 Å². The fourth-order valence-electron chi connectivity index (χ4n) is 2.00. The molecule has 0 saturated carbocycles. The van der Waals surface area contributed by atoms with Crippen LogP contribution in [0.5, 0.6) is 5.75 Å². The lowest BCUT2D eigenvalue weighted by Crippen LogP contribution is -2.43. The third kappa shape index (κ3) is 5.35. The van der Waals surface area contributed by atoms with Gasteiger partial charge in [0.05, 0.1) is 5.56 Å². The number of nitriles is 1. The average molecular weight is 352 g/mol. The zero-order valence-electron chi connectivity index (χ0n) is 13.9. The van der Waals surface area contributed by atoms with E-state index in [0.717, 1.165) is 0 Å². The number of benzene rings is 2. The van der Waals surface area contributed by atoms with Gasteiger partial charge in [-0.15, -0.1) is 0 Å². The number of rotatable bonds is 5. The van der Waals surface area contributed by atoms with Crippen molar-refractivity contribution >= 4 is 23.4 Å². The standard InChI is InChI=1S/C18H16N4O4/c1-12(23)20-15-7-4-6-13(9-15)18(25)22-21-17(24)11-26-16-8-3-2-5-14(16)10-19/h2-9H,11H2,1H3,(H,20,23)(H,21,24)(H,22,25). The zero-order chi connectivity index (χ0) is 18.9. The minimum absolute atomic E-state index is 0.257. The van der Waals surface area contributed by atoms with E-state index in [0.29, 0.717) is 11.3 Å². The van der Waals surface area contributed by atoms with Crippen LogP contribution in [0, 0.1) is 11.3 Å². The first kappa shape index (κ1) is 18.5. The first-order valence-corrected chi connectivity index (χ1v) is 7.58. The molecule has 3 amide bonds.